The Kier molecular flexibility index (Phi) is 6.32. The van der Waals surface area contributed by atoms with E-state index in [1.807, 2.05) is 11.0 Å². The number of nitrogens with zero attached hydrogens (tertiary/aromatic N) is 2. The number of fused-ring (bicyclic) bond motifs is 1. The van der Waals surface area contributed by atoms with Crippen molar-refractivity contribution in [3.63, 3.8) is 0 Å². The van der Waals surface area contributed by atoms with Crippen molar-refractivity contribution in [2.75, 3.05) is 39.3 Å². The predicted molar refractivity (Wildman–Crippen MR) is 99.5 cm³/mol. The fraction of sp³-hybridized carbons (Fsp3) is 0.650. The molecule has 138 valence electrons. The van der Waals surface area contributed by atoms with Crippen LogP contribution in [0, 0.1) is 5.92 Å². The molecule has 5 heteroatoms. The zero-order chi connectivity index (χ0) is 17.6. The van der Waals surface area contributed by atoms with Crippen LogP contribution in [0.25, 0.3) is 0 Å². The first kappa shape index (κ1) is 18.2. The van der Waals surface area contributed by atoms with Crippen molar-refractivity contribution in [2.24, 2.45) is 5.92 Å². The van der Waals surface area contributed by atoms with Gasteiger partial charge >= 0.3 is 6.03 Å². The molecule has 25 heavy (non-hydrogen) atoms. The summed E-state index contributed by atoms with van der Waals surface area (Å²) in [5.41, 5.74) is 2.56. The normalized spacial score (nSPS) is 23.3. The Balaban J connectivity index is 1.60. The summed E-state index contributed by atoms with van der Waals surface area (Å²) in [6.07, 6.45) is 4.34. The number of benzene rings is 1. The van der Waals surface area contributed by atoms with Crippen molar-refractivity contribution < 1.29 is 9.90 Å². The van der Waals surface area contributed by atoms with Crippen LogP contribution in [0.2, 0.25) is 0 Å². The fourth-order valence-electron chi connectivity index (χ4n) is 4.30. The van der Waals surface area contributed by atoms with Crippen molar-refractivity contribution in [3.05, 3.63) is 35.4 Å². The van der Waals surface area contributed by atoms with Crippen molar-refractivity contribution in [1.82, 2.24) is 15.1 Å². The zero-order valence-electron chi connectivity index (χ0n) is 15.3. The van der Waals surface area contributed by atoms with Crippen LogP contribution in [0.3, 0.4) is 0 Å². The summed E-state index contributed by atoms with van der Waals surface area (Å²) < 4.78 is 0. The van der Waals surface area contributed by atoms with Gasteiger partial charge in [-0.3, -0.25) is 0 Å². The second kappa shape index (κ2) is 8.68. The number of carbonyl (C=O) groups excluding carboxylic acids is 1. The second-order valence-electron chi connectivity index (χ2n) is 7.26. The van der Waals surface area contributed by atoms with Crippen LogP contribution in [0.1, 0.15) is 43.4 Å². The molecule has 2 N–H and O–H groups in total. The minimum absolute atomic E-state index is 0.000865. The summed E-state index contributed by atoms with van der Waals surface area (Å²) >= 11 is 0. The number of aliphatic hydroxyl groups is 1. The summed E-state index contributed by atoms with van der Waals surface area (Å²) in [6, 6.07) is 8.40. The number of likely N-dealkylation sites (tertiary alicyclic amines) is 1. The topological polar surface area (TPSA) is 55.8 Å². The molecule has 2 amide bonds. The Labute approximate surface area is 151 Å². The summed E-state index contributed by atoms with van der Waals surface area (Å²) in [5, 5.41) is 12.6. The number of rotatable bonds is 6. The third-order valence-corrected chi connectivity index (χ3v) is 5.67. The molecule has 3 rings (SSSR count). The maximum absolute atomic E-state index is 12.8. The van der Waals surface area contributed by atoms with Gasteiger partial charge in [0.2, 0.25) is 0 Å². The average Bonchev–Trinajstić information content (AvgIpc) is 3.08. The minimum Gasteiger partial charge on any atom is -0.395 e. The summed E-state index contributed by atoms with van der Waals surface area (Å²) in [4.78, 5) is 17.1. The van der Waals surface area contributed by atoms with E-state index in [0.29, 0.717) is 12.5 Å². The lowest BCUT2D eigenvalue weighted by atomic mass is 9.98. The highest BCUT2D eigenvalue weighted by Crippen LogP contribution is 2.35. The molecule has 0 radical (unpaired) electrons. The fourth-order valence-corrected chi connectivity index (χ4v) is 4.30. The van der Waals surface area contributed by atoms with Gasteiger partial charge in [-0.05, 0) is 55.8 Å². The molecule has 2 atom stereocenters. The quantitative estimate of drug-likeness (QED) is 0.832. The molecule has 1 saturated heterocycles. The van der Waals surface area contributed by atoms with E-state index in [1.165, 1.54) is 30.5 Å². The first-order chi connectivity index (χ1) is 12.2. The molecule has 0 bridgehead atoms. The highest BCUT2D eigenvalue weighted by atomic mass is 16.3. The van der Waals surface area contributed by atoms with Crippen molar-refractivity contribution in [2.45, 2.75) is 38.6 Å². The lowest BCUT2D eigenvalue weighted by molar-refractivity contribution is 0.144. The predicted octanol–water partition coefficient (Wildman–Crippen LogP) is 2.41. The summed E-state index contributed by atoms with van der Waals surface area (Å²) in [6.45, 7) is 6.64. The number of hydrogen-bond donors (Lipinski definition) is 2. The van der Waals surface area contributed by atoms with Gasteiger partial charge in [0.15, 0.2) is 0 Å². The van der Waals surface area contributed by atoms with Gasteiger partial charge in [-0.15, -0.1) is 0 Å². The number of hydrogen-bond acceptors (Lipinski definition) is 3. The van der Waals surface area contributed by atoms with Gasteiger partial charge < -0.3 is 20.2 Å². The molecule has 1 aromatic carbocycles. The number of urea groups is 1. The van der Waals surface area contributed by atoms with Gasteiger partial charge in [0.05, 0.1) is 12.6 Å². The first-order valence-electron chi connectivity index (χ1n) is 9.68. The van der Waals surface area contributed by atoms with E-state index in [0.717, 1.165) is 32.5 Å². The van der Waals surface area contributed by atoms with Gasteiger partial charge in [0, 0.05) is 19.6 Å². The van der Waals surface area contributed by atoms with Gasteiger partial charge in [-0.2, -0.15) is 0 Å². The Morgan fingerprint density at radius 2 is 2.20 bits per heavy atom. The molecule has 1 aromatic rings. The van der Waals surface area contributed by atoms with Crippen LogP contribution in [-0.2, 0) is 6.42 Å². The summed E-state index contributed by atoms with van der Waals surface area (Å²) in [7, 11) is 0. The van der Waals surface area contributed by atoms with Gasteiger partial charge in [-0.25, -0.2) is 4.79 Å². The molecule has 2 unspecified atom stereocenters. The van der Waals surface area contributed by atoms with E-state index < -0.39 is 0 Å². The second-order valence-corrected chi connectivity index (χ2v) is 7.26. The van der Waals surface area contributed by atoms with Gasteiger partial charge in [-0.1, -0.05) is 31.2 Å². The monoisotopic (exact) mass is 345 g/mol. The zero-order valence-corrected chi connectivity index (χ0v) is 15.3. The van der Waals surface area contributed by atoms with E-state index in [4.69, 9.17) is 0 Å². The average molecular weight is 345 g/mol. The Morgan fingerprint density at radius 1 is 1.36 bits per heavy atom. The molecule has 1 fully saturated rings. The van der Waals surface area contributed by atoms with Crippen LogP contribution >= 0.6 is 0 Å². The standard InChI is InChI=1S/C20H31N3O2/c1-2-22-11-5-6-16(15-22)14-21-20(25)23(12-13-24)19-10-9-17-7-3-4-8-18(17)19/h3-4,7-8,16,19,24H,2,5-6,9-15H2,1H3,(H,21,25). The van der Waals surface area contributed by atoms with Crippen LogP contribution < -0.4 is 5.32 Å². The molecular weight excluding hydrogens is 314 g/mol. The Bertz CT molecular complexity index is 578. The number of amides is 2. The Morgan fingerprint density at radius 3 is 3.00 bits per heavy atom. The Hall–Kier alpha value is -1.59. The molecular formula is C20H31N3O2. The first-order valence-corrected chi connectivity index (χ1v) is 9.68. The lowest BCUT2D eigenvalue weighted by Gasteiger charge is -2.33. The molecule has 0 saturated carbocycles. The molecule has 5 nitrogen and oxygen atoms in total. The smallest absolute Gasteiger partial charge is 0.318 e. The number of aliphatic hydroxyl groups excluding tert-OH is 1. The van der Waals surface area contributed by atoms with Gasteiger partial charge in [0.25, 0.3) is 0 Å². The van der Waals surface area contributed by atoms with E-state index in [1.54, 1.807) is 0 Å². The van der Waals surface area contributed by atoms with Crippen molar-refractivity contribution in [1.29, 1.82) is 0 Å². The molecule has 1 aliphatic carbocycles. The molecule has 0 aromatic heterocycles. The molecule has 1 aliphatic heterocycles. The molecule has 2 aliphatic rings. The number of nitrogens with one attached hydrogen (secondary N) is 1. The van der Waals surface area contributed by atoms with Crippen LogP contribution in [-0.4, -0.2) is 60.3 Å². The van der Waals surface area contributed by atoms with Gasteiger partial charge in [0.1, 0.15) is 0 Å². The van der Waals surface area contributed by atoms with E-state index in [9.17, 15) is 9.90 Å². The van der Waals surface area contributed by atoms with E-state index >= 15 is 0 Å². The minimum atomic E-state index is -0.0376. The van der Waals surface area contributed by atoms with E-state index in [-0.39, 0.29) is 18.7 Å². The SMILES string of the molecule is CCN1CCCC(CNC(=O)N(CCO)C2CCc3ccccc32)C1. The highest BCUT2D eigenvalue weighted by Gasteiger charge is 2.31. The lowest BCUT2D eigenvalue weighted by Crippen LogP contribution is -2.46. The summed E-state index contributed by atoms with van der Waals surface area (Å²) in [5.74, 6) is 0.532. The number of aryl methyl sites for hydroxylation is 1. The highest BCUT2D eigenvalue weighted by molar-refractivity contribution is 5.75. The van der Waals surface area contributed by atoms with Crippen molar-refractivity contribution in [3.8, 4) is 0 Å². The van der Waals surface area contributed by atoms with Crippen LogP contribution in [0.4, 0.5) is 4.79 Å². The third-order valence-electron chi connectivity index (χ3n) is 5.67. The van der Waals surface area contributed by atoms with Crippen LogP contribution in [0.15, 0.2) is 24.3 Å². The number of piperidine rings is 1. The maximum atomic E-state index is 12.8. The van der Waals surface area contributed by atoms with E-state index in [2.05, 4.69) is 35.3 Å². The van der Waals surface area contributed by atoms with Crippen LogP contribution in [0.5, 0.6) is 0 Å². The number of carbonyl (C=O) groups is 1. The molecule has 1 heterocycles. The maximum Gasteiger partial charge on any atom is 0.318 e. The third kappa shape index (κ3) is 4.33. The van der Waals surface area contributed by atoms with Crippen molar-refractivity contribution >= 4 is 6.03 Å². The molecule has 0 spiro atoms. The largest absolute Gasteiger partial charge is 0.395 e.